The predicted octanol–water partition coefficient (Wildman–Crippen LogP) is 2.62. The number of nitrogens with one attached hydrogen (secondary N) is 2. The maximum Gasteiger partial charge on any atom is 0.408 e. The fraction of sp³-hybridized carbons (Fsp3) is 0.421. The molecule has 0 unspecified atom stereocenters. The van der Waals surface area contributed by atoms with Crippen molar-refractivity contribution in [2.75, 3.05) is 6.61 Å². The van der Waals surface area contributed by atoms with Gasteiger partial charge in [0.2, 0.25) is 0 Å². The van der Waals surface area contributed by atoms with Gasteiger partial charge in [0.25, 0.3) is 0 Å². The quantitative estimate of drug-likeness (QED) is 0.599. The van der Waals surface area contributed by atoms with Crippen LogP contribution in [0.1, 0.15) is 31.9 Å². The minimum absolute atomic E-state index is 0.101. The first-order chi connectivity index (χ1) is 12.6. The van der Waals surface area contributed by atoms with Crippen molar-refractivity contribution in [2.45, 2.75) is 45.4 Å². The maximum atomic E-state index is 11.8. The third-order valence-corrected chi connectivity index (χ3v) is 3.22. The molecule has 0 heterocycles. The van der Waals surface area contributed by atoms with Gasteiger partial charge in [-0.25, -0.2) is 14.4 Å². The van der Waals surface area contributed by atoms with Crippen molar-refractivity contribution in [2.24, 2.45) is 0 Å². The zero-order chi connectivity index (χ0) is 20.4. The fourth-order valence-corrected chi connectivity index (χ4v) is 2.04. The van der Waals surface area contributed by atoms with Crippen molar-refractivity contribution in [3.63, 3.8) is 0 Å². The third kappa shape index (κ3) is 9.29. The Balaban J connectivity index is 2.60. The lowest BCUT2D eigenvalue weighted by Crippen LogP contribution is -2.44. The summed E-state index contributed by atoms with van der Waals surface area (Å²) in [5, 5.41) is 14.3. The highest BCUT2D eigenvalue weighted by Gasteiger charge is 2.24. The van der Waals surface area contributed by atoms with E-state index in [1.807, 2.05) is 0 Å². The van der Waals surface area contributed by atoms with Crippen molar-refractivity contribution in [1.29, 1.82) is 0 Å². The number of carboxylic acid groups (broad SMARTS) is 1. The molecular formula is C19H26N2O6. The Morgan fingerprint density at radius 2 is 1.74 bits per heavy atom. The number of hydrogen-bond donors (Lipinski definition) is 3. The van der Waals surface area contributed by atoms with Crippen molar-refractivity contribution < 1.29 is 29.0 Å². The van der Waals surface area contributed by atoms with Crippen LogP contribution in [-0.4, -0.2) is 41.5 Å². The van der Waals surface area contributed by atoms with E-state index in [-0.39, 0.29) is 19.6 Å². The van der Waals surface area contributed by atoms with E-state index < -0.39 is 29.8 Å². The molecule has 8 nitrogen and oxygen atoms in total. The second-order valence-corrected chi connectivity index (χ2v) is 6.80. The summed E-state index contributed by atoms with van der Waals surface area (Å²) in [5.41, 5.74) is 0.826. The van der Waals surface area contributed by atoms with Crippen LogP contribution in [0.4, 0.5) is 9.59 Å². The monoisotopic (exact) mass is 378 g/mol. The highest BCUT2D eigenvalue weighted by molar-refractivity contribution is 5.80. The molecule has 0 saturated heterocycles. The van der Waals surface area contributed by atoms with Crippen LogP contribution >= 0.6 is 0 Å². The molecule has 0 saturated carbocycles. The zero-order valence-electron chi connectivity index (χ0n) is 15.8. The lowest BCUT2D eigenvalue weighted by atomic mass is 10.0. The second kappa shape index (κ2) is 10.2. The molecule has 0 radical (unpaired) electrons. The Morgan fingerprint density at radius 3 is 2.26 bits per heavy atom. The van der Waals surface area contributed by atoms with E-state index in [0.29, 0.717) is 0 Å². The molecule has 1 rings (SSSR count). The van der Waals surface area contributed by atoms with Gasteiger partial charge < -0.3 is 25.2 Å². The van der Waals surface area contributed by atoms with Gasteiger partial charge in [0.15, 0.2) is 0 Å². The molecule has 148 valence electrons. The molecule has 1 aromatic carbocycles. The lowest BCUT2D eigenvalue weighted by Gasteiger charge is -2.22. The highest BCUT2D eigenvalue weighted by Crippen LogP contribution is 2.10. The van der Waals surface area contributed by atoms with Gasteiger partial charge in [-0.15, -0.1) is 0 Å². The molecule has 1 atom stereocenters. The van der Waals surface area contributed by atoms with Gasteiger partial charge in [-0.1, -0.05) is 36.9 Å². The summed E-state index contributed by atoms with van der Waals surface area (Å²) in [4.78, 5) is 34.5. The molecule has 0 spiro atoms. The standard InChI is InChI=1S/C19H26N2O6/c1-5-10-26-17(24)20-12-14-8-6-13(7-9-14)11-15(16(22)23)21-18(25)27-19(2,3)4/h5-9,15H,1,10-12H2,2-4H3,(H,20,24)(H,21,25)(H,22,23)/t15-/m1/s1. The molecule has 8 heteroatoms. The number of aliphatic carboxylic acids is 1. The van der Waals surface area contributed by atoms with Gasteiger partial charge >= 0.3 is 18.2 Å². The van der Waals surface area contributed by atoms with E-state index in [4.69, 9.17) is 9.47 Å². The van der Waals surface area contributed by atoms with E-state index in [0.717, 1.165) is 11.1 Å². The molecule has 3 N–H and O–H groups in total. The third-order valence-electron chi connectivity index (χ3n) is 3.22. The molecule has 0 aliphatic rings. The van der Waals surface area contributed by atoms with Gasteiger partial charge in [-0.2, -0.15) is 0 Å². The Hall–Kier alpha value is -3.03. The Labute approximate surface area is 158 Å². The molecule has 1 aromatic rings. The minimum Gasteiger partial charge on any atom is -0.480 e. The first kappa shape index (κ1) is 22.0. The van der Waals surface area contributed by atoms with Crippen LogP contribution in [-0.2, 0) is 27.2 Å². The number of carboxylic acids is 1. The number of alkyl carbamates (subject to hydrolysis) is 2. The van der Waals surface area contributed by atoms with Crippen LogP contribution in [0, 0.1) is 0 Å². The maximum absolute atomic E-state index is 11.8. The second-order valence-electron chi connectivity index (χ2n) is 6.80. The van der Waals surface area contributed by atoms with Crippen LogP contribution in [0.25, 0.3) is 0 Å². The molecule has 2 amide bonds. The summed E-state index contributed by atoms with van der Waals surface area (Å²) in [5.74, 6) is -1.16. The largest absolute Gasteiger partial charge is 0.480 e. The molecule has 0 bridgehead atoms. The van der Waals surface area contributed by atoms with E-state index in [1.165, 1.54) is 6.08 Å². The molecular weight excluding hydrogens is 352 g/mol. The van der Waals surface area contributed by atoms with Gasteiger partial charge in [-0.05, 0) is 31.9 Å². The summed E-state index contributed by atoms with van der Waals surface area (Å²) in [6.07, 6.45) is 0.239. The Kier molecular flexibility index (Phi) is 8.32. The Morgan fingerprint density at radius 1 is 1.15 bits per heavy atom. The summed E-state index contributed by atoms with van der Waals surface area (Å²) in [7, 11) is 0. The molecule has 0 aliphatic carbocycles. The number of carbonyl (C=O) groups excluding carboxylic acids is 2. The normalized spacial score (nSPS) is 11.8. The van der Waals surface area contributed by atoms with Crippen LogP contribution in [0.2, 0.25) is 0 Å². The van der Waals surface area contributed by atoms with E-state index >= 15 is 0 Å². The van der Waals surface area contributed by atoms with Gasteiger partial charge in [-0.3, -0.25) is 0 Å². The van der Waals surface area contributed by atoms with Crippen LogP contribution < -0.4 is 10.6 Å². The van der Waals surface area contributed by atoms with Crippen molar-refractivity contribution in [1.82, 2.24) is 10.6 Å². The van der Waals surface area contributed by atoms with Crippen LogP contribution in [0.15, 0.2) is 36.9 Å². The average Bonchev–Trinajstić information content (AvgIpc) is 2.57. The highest BCUT2D eigenvalue weighted by atomic mass is 16.6. The number of carbonyl (C=O) groups is 3. The number of hydrogen-bond acceptors (Lipinski definition) is 5. The summed E-state index contributed by atoms with van der Waals surface area (Å²) < 4.78 is 9.89. The lowest BCUT2D eigenvalue weighted by molar-refractivity contribution is -0.139. The first-order valence-electron chi connectivity index (χ1n) is 8.42. The zero-order valence-corrected chi connectivity index (χ0v) is 15.8. The van der Waals surface area contributed by atoms with E-state index in [1.54, 1.807) is 45.0 Å². The number of rotatable bonds is 8. The topological polar surface area (TPSA) is 114 Å². The average molecular weight is 378 g/mol. The van der Waals surface area contributed by atoms with Crippen LogP contribution in [0.3, 0.4) is 0 Å². The van der Waals surface area contributed by atoms with Crippen molar-refractivity contribution in [3.05, 3.63) is 48.0 Å². The SMILES string of the molecule is C=CCOC(=O)NCc1ccc(C[C@@H](NC(=O)OC(C)(C)C)C(=O)O)cc1. The Bertz CT molecular complexity index is 664. The van der Waals surface area contributed by atoms with Crippen molar-refractivity contribution >= 4 is 18.2 Å². The summed E-state index contributed by atoms with van der Waals surface area (Å²) in [6.45, 7) is 8.94. The van der Waals surface area contributed by atoms with Gasteiger partial charge in [0.05, 0.1) is 0 Å². The van der Waals surface area contributed by atoms with Crippen molar-refractivity contribution in [3.8, 4) is 0 Å². The predicted molar refractivity (Wildman–Crippen MR) is 99.3 cm³/mol. The molecule has 0 fully saturated rings. The van der Waals surface area contributed by atoms with E-state index in [2.05, 4.69) is 17.2 Å². The van der Waals surface area contributed by atoms with E-state index in [9.17, 15) is 19.5 Å². The first-order valence-corrected chi connectivity index (χ1v) is 8.42. The molecule has 0 aliphatic heterocycles. The number of ether oxygens (including phenoxy) is 2. The smallest absolute Gasteiger partial charge is 0.408 e. The number of amides is 2. The fourth-order valence-electron chi connectivity index (χ4n) is 2.04. The summed E-state index contributed by atoms with van der Waals surface area (Å²) >= 11 is 0. The minimum atomic E-state index is -1.16. The van der Waals surface area contributed by atoms with Gasteiger partial charge in [0.1, 0.15) is 18.2 Å². The molecule has 27 heavy (non-hydrogen) atoms. The molecule has 0 aromatic heterocycles. The summed E-state index contributed by atoms with van der Waals surface area (Å²) in [6, 6.07) is 5.88. The number of benzene rings is 1. The van der Waals surface area contributed by atoms with Gasteiger partial charge in [0, 0.05) is 13.0 Å². The van der Waals surface area contributed by atoms with Crippen LogP contribution in [0.5, 0.6) is 0 Å².